The molecule has 0 N–H and O–H groups in total. The van der Waals surface area contributed by atoms with E-state index in [1.165, 1.54) is 6.08 Å². The average Bonchev–Trinajstić information content (AvgIpc) is 2.50. The largest absolute Gasteiger partial charge is 0.374 e. The molecule has 1 fully saturated rings. The summed E-state index contributed by atoms with van der Waals surface area (Å²) in [6.45, 7) is 1.27. The first-order valence-corrected chi connectivity index (χ1v) is 3.75. The molecule has 0 aromatic rings. The average molecular weight is 153 g/mol. The van der Waals surface area contributed by atoms with Gasteiger partial charge in [-0.3, -0.25) is 0 Å². The minimum atomic E-state index is 0.247. The number of hydrogen-bond acceptors (Lipinski definition) is 3. The van der Waals surface area contributed by atoms with Crippen molar-refractivity contribution in [3.05, 3.63) is 12.2 Å². The summed E-state index contributed by atoms with van der Waals surface area (Å²) in [5, 5.41) is 0. The second-order valence-electron chi connectivity index (χ2n) is 2.41. The number of ether oxygens (including phenoxy) is 1. The first-order chi connectivity index (χ1) is 5.43. The minimum Gasteiger partial charge on any atom is -0.374 e. The van der Waals surface area contributed by atoms with Crippen molar-refractivity contribution in [1.29, 1.82) is 0 Å². The highest BCUT2D eigenvalue weighted by Crippen LogP contribution is 2.12. The molecule has 0 saturated carbocycles. The monoisotopic (exact) mass is 153 g/mol. The minimum absolute atomic E-state index is 0.247. The second-order valence-corrected chi connectivity index (χ2v) is 2.41. The molecule has 0 aromatic carbocycles. The maximum atomic E-state index is 9.64. The number of isocyanates is 1. The predicted octanol–water partition coefficient (Wildman–Crippen LogP) is 1.06. The number of aliphatic imine (C=N–C) groups is 1. The fourth-order valence-corrected chi connectivity index (χ4v) is 1.06. The third-order valence-electron chi connectivity index (χ3n) is 1.58. The fraction of sp³-hybridized carbons (Fsp3) is 0.625. The molecule has 1 aliphatic heterocycles. The number of hydrogen-bond donors (Lipinski definition) is 0. The maximum absolute atomic E-state index is 9.64. The van der Waals surface area contributed by atoms with E-state index in [9.17, 15) is 4.79 Å². The third-order valence-corrected chi connectivity index (χ3v) is 1.58. The second kappa shape index (κ2) is 4.83. The third kappa shape index (κ3) is 3.12. The van der Waals surface area contributed by atoms with Crippen molar-refractivity contribution in [1.82, 2.24) is 0 Å². The Kier molecular flexibility index (Phi) is 3.59. The molecule has 0 aliphatic carbocycles. The van der Waals surface area contributed by atoms with Gasteiger partial charge in [-0.05, 0) is 12.8 Å². The van der Waals surface area contributed by atoms with Crippen LogP contribution in [-0.4, -0.2) is 25.3 Å². The van der Waals surface area contributed by atoms with Gasteiger partial charge in [0.15, 0.2) is 0 Å². The van der Waals surface area contributed by atoms with Crippen molar-refractivity contribution in [3.63, 3.8) is 0 Å². The molecule has 0 spiro atoms. The Labute approximate surface area is 65.8 Å². The Balaban J connectivity index is 2.17. The van der Waals surface area contributed by atoms with Crippen molar-refractivity contribution >= 4 is 6.08 Å². The molecule has 1 atom stereocenters. The van der Waals surface area contributed by atoms with E-state index in [1.807, 2.05) is 12.2 Å². The standard InChI is InChI=1S/C8H11NO2/c10-7-9-5-1-3-8-4-2-6-11-8/h1,3,8H,2,4-6H2/b3-1-. The SMILES string of the molecule is O=C=NC/C=C\C1CCCO1. The lowest BCUT2D eigenvalue weighted by Crippen LogP contribution is -1.98. The van der Waals surface area contributed by atoms with Crippen LogP contribution in [0.3, 0.4) is 0 Å². The van der Waals surface area contributed by atoms with Crippen LogP contribution in [0.1, 0.15) is 12.8 Å². The molecule has 0 radical (unpaired) electrons. The van der Waals surface area contributed by atoms with Crippen molar-refractivity contribution in [2.75, 3.05) is 13.2 Å². The molecule has 60 valence electrons. The Morgan fingerprint density at radius 3 is 3.27 bits per heavy atom. The van der Waals surface area contributed by atoms with Gasteiger partial charge in [0.2, 0.25) is 6.08 Å². The van der Waals surface area contributed by atoms with E-state index in [4.69, 9.17) is 4.74 Å². The summed E-state index contributed by atoms with van der Waals surface area (Å²) in [6, 6.07) is 0. The Bertz CT molecular complexity index is 177. The smallest absolute Gasteiger partial charge is 0.235 e. The lowest BCUT2D eigenvalue weighted by atomic mass is 10.2. The van der Waals surface area contributed by atoms with Gasteiger partial charge in [0, 0.05) is 6.61 Å². The van der Waals surface area contributed by atoms with E-state index in [-0.39, 0.29) is 6.10 Å². The summed E-state index contributed by atoms with van der Waals surface area (Å²) < 4.78 is 5.31. The Hall–Kier alpha value is -0.920. The maximum Gasteiger partial charge on any atom is 0.235 e. The molecule has 1 aliphatic rings. The van der Waals surface area contributed by atoms with Gasteiger partial charge in [0.05, 0.1) is 12.6 Å². The zero-order valence-corrected chi connectivity index (χ0v) is 6.32. The van der Waals surface area contributed by atoms with E-state index in [2.05, 4.69) is 4.99 Å². The van der Waals surface area contributed by atoms with E-state index in [1.54, 1.807) is 0 Å². The molecule has 0 aromatic heterocycles. The zero-order chi connectivity index (χ0) is 7.94. The highest BCUT2D eigenvalue weighted by Gasteiger charge is 2.10. The normalized spacial score (nSPS) is 23.8. The van der Waals surface area contributed by atoms with Gasteiger partial charge in [0.25, 0.3) is 0 Å². The van der Waals surface area contributed by atoms with Gasteiger partial charge in [0.1, 0.15) is 0 Å². The van der Waals surface area contributed by atoms with Crippen LogP contribution >= 0.6 is 0 Å². The molecule has 11 heavy (non-hydrogen) atoms. The highest BCUT2D eigenvalue weighted by molar-refractivity contribution is 5.33. The summed E-state index contributed by atoms with van der Waals surface area (Å²) in [5.74, 6) is 0. The molecule has 1 rings (SSSR count). The quantitative estimate of drug-likeness (QED) is 0.345. The van der Waals surface area contributed by atoms with E-state index < -0.39 is 0 Å². The topological polar surface area (TPSA) is 38.7 Å². The zero-order valence-electron chi connectivity index (χ0n) is 6.32. The lowest BCUT2D eigenvalue weighted by molar-refractivity contribution is 0.145. The number of nitrogens with zero attached hydrogens (tertiary/aromatic N) is 1. The van der Waals surface area contributed by atoms with Crippen LogP contribution in [0.25, 0.3) is 0 Å². The Morgan fingerprint density at radius 2 is 2.64 bits per heavy atom. The van der Waals surface area contributed by atoms with Gasteiger partial charge >= 0.3 is 0 Å². The van der Waals surface area contributed by atoms with E-state index in [0.717, 1.165) is 19.4 Å². The van der Waals surface area contributed by atoms with Crippen LogP contribution in [0.15, 0.2) is 17.1 Å². The van der Waals surface area contributed by atoms with Crippen molar-refractivity contribution in [2.24, 2.45) is 4.99 Å². The molecule has 0 bridgehead atoms. The molecule has 3 nitrogen and oxygen atoms in total. The van der Waals surface area contributed by atoms with Crippen LogP contribution < -0.4 is 0 Å². The lowest BCUT2D eigenvalue weighted by Gasteiger charge is -1.99. The van der Waals surface area contributed by atoms with Gasteiger partial charge in [-0.2, -0.15) is 0 Å². The fourth-order valence-electron chi connectivity index (χ4n) is 1.06. The summed E-state index contributed by atoms with van der Waals surface area (Å²) in [7, 11) is 0. The summed E-state index contributed by atoms with van der Waals surface area (Å²) in [6.07, 6.45) is 7.73. The van der Waals surface area contributed by atoms with Gasteiger partial charge < -0.3 is 4.74 Å². The van der Waals surface area contributed by atoms with Gasteiger partial charge in [-0.25, -0.2) is 9.79 Å². The van der Waals surface area contributed by atoms with Crippen LogP contribution in [0.4, 0.5) is 0 Å². The van der Waals surface area contributed by atoms with Crippen LogP contribution in [-0.2, 0) is 9.53 Å². The van der Waals surface area contributed by atoms with Crippen LogP contribution in [0, 0.1) is 0 Å². The van der Waals surface area contributed by atoms with Crippen LogP contribution in [0.5, 0.6) is 0 Å². The molecule has 1 unspecified atom stereocenters. The van der Waals surface area contributed by atoms with Crippen molar-refractivity contribution < 1.29 is 9.53 Å². The molecule has 3 heteroatoms. The summed E-state index contributed by atoms with van der Waals surface area (Å²) in [4.78, 5) is 13.0. The molecule has 1 heterocycles. The molecular weight excluding hydrogens is 142 g/mol. The highest BCUT2D eigenvalue weighted by atomic mass is 16.5. The number of carbonyl (C=O) groups excluding carboxylic acids is 1. The van der Waals surface area contributed by atoms with E-state index >= 15 is 0 Å². The van der Waals surface area contributed by atoms with E-state index in [0.29, 0.717) is 6.54 Å². The molecule has 0 amide bonds. The summed E-state index contributed by atoms with van der Waals surface area (Å²) in [5.41, 5.74) is 0. The number of rotatable bonds is 3. The van der Waals surface area contributed by atoms with Crippen molar-refractivity contribution in [2.45, 2.75) is 18.9 Å². The first-order valence-electron chi connectivity index (χ1n) is 3.75. The van der Waals surface area contributed by atoms with Crippen LogP contribution in [0.2, 0.25) is 0 Å². The first kappa shape index (κ1) is 8.18. The molecular formula is C8H11NO2. The predicted molar refractivity (Wildman–Crippen MR) is 41.1 cm³/mol. The summed E-state index contributed by atoms with van der Waals surface area (Å²) >= 11 is 0. The molecule has 1 saturated heterocycles. The van der Waals surface area contributed by atoms with Gasteiger partial charge in [-0.15, -0.1) is 0 Å². The van der Waals surface area contributed by atoms with Gasteiger partial charge in [-0.1, -0.05) is 12.2 Å². The Morgan fingerprint density at radius 1 is 1.73 bits per heavy atom. The van der Waals surface area contributed by atoms with Crippen molar-refractivity contribution in [3.8, 4) is 0 Å².